The Morgan fingerprint density at radius 1 is 0.840 bits per heavy atom. The first-order chi connectivity index (χ1) is 11.8. The van der Waals surface area contributed by atoms with Crippen molar-refractivity contribution in [2.75, 3.05) is 0 Å². The average Bonchev–Trinajstić information content (AvgIpc) is 3.10. The maximum atomic E-state index is 5.04. The molecule has 0 saturated carbocycles. The van der Waals surface area contributed by atoms with Crippen LogP contribution < -0.4 is 0 Å². The average molecular weight is 349 g/mol. The molecule has 2 aromatic heterocycles. The van der Waals surface area contributed by atoms with Gasteiger partial charge >= 0.3 is 0 Å². The van der Waals surface area contributed by atoms with Crippen LogP contribution >= 0.6 is 11.3 Å². The molecule has 0 N–H and O–H groups in total. The van der Waals surface area contributed by atoms with E-state index < -0.39 is 0 Å². The number of aryl methyl sites for hydroxylation is 1. The molecule has 2 heterocycles. The Hall–Kier alpha value is -2.00. The van der Waals surface area contributed by atoms with Crippen molar-refractivity contribution in [3.63, 3.8) is 0 Å². The summed E-state index contributed by atoms with van der Waals surface area (Å²) in [5.74, 6) is 0. The second-order valence-corrected chi connectivity index (χ2v) is 9.51. The lowest BCUT2D eigenvalue weighted by Gasteiger charge is -2.21. The monoisotopic (exact) mass is 348 g/mol. The van der Waals surface area contributed by atoms with Gasteiger partial charge in [0.25, 0.3) is 0 Å². The Balaban J connectivity index is 1.74. The van der Waals surface area contributed by atoms with Gasteiger partial charge in [-0.3, -0.25) is 4.98 Å². The van der Waals surface area contributed by atoms with E-state index in [2.05, 4.69) is 71.0 Å². The molecule has 0 amide bonds. The Morgan fingerprint density at radius 2 is 1.48 bits per heavy atom. The zero-order valence-electron chi connectivity index (χ0n) is 15.6. The third-order valence-corrected chi connectivity index (χ3v) is 6.29. The highest BCUT2D eigenvalue weighted by Gasteiger charge is 2.44. The summed E-state index contributed by atoms with van der Waals surface area (Å²) < 4.78 is 0. The third-order valence-electron chi connectivity index (χ3n) is 5.13. The smallest absolute Gasteiger partial charge is 0.0988 e. The molecule has 0 fully saturated rings. The molecule has 1 aliphatic rings. The number of benzene rings is 1. The van der Waals surface area contributed by atoms with E-state index in [1.54, 1.807) is 11.3 Å². The van der Waals surface area contributed by atoms with Crippen LogP contribution in [0, 0.1) is 6.92 Å². The minimum absolute atomic E-state index is 0.0822. The van der Waals surface area contributed by atoms with Gasteiger partial charge in [0.05, 0.1) is 28.2 Å². The minimum Gasteiger partial charge on any atom is -0.256 e. The topological polar surface area (TPSA) is 25.8 Å². The van der Waals surface area contributed by atoms with Crippen molar-refractivity contribution in [1.82, 2.24) is 9.97 Å². The number of rotatable bonds is 2. The minimum atomic E-state index is 0.0822. The van der Waals surface area contributed by atoms with Crippen LogP contribution in [0.5, 0.6) is 0 Å². The van der Waals surface area contributed by atoms with Gasteiger partial charge in [-0.05, 0) is 31.0 Å². The van der Waals surface area contributed by atoms with Crippen molar-refractivity contribution in [1.29, 1.82) is 0 Å². The lowest BCUT2D eigenvalue weighted by Crippen LogP contribution is -2.18. The van der Waals surface area contributed by atoms with Gasteiger partial charge < -0.3 is 0 Å². The maximum Gasteiger partial charge on any atom is 0.0988 e. The van der Waals surface area contributed by atoms with Gasteiger partial charge in [-0.1, -0.05) is 57.5 Å². The van der Waals surface area contributed by atoms with Crippen LogP contribution in [0.3, 0.4) is 0 Å². The molecule has 25 heavy (non-hydrogen) atoms. The first-order valence-electron chi connectivity index (χ1n) is 8.82. The van der Waals surface area contributed by atoms with E-state index in [4.69, 9.17) is 9.97 Å². The molecule has 0 aliphatic heterocycles. The summed E-state index contributed by atoms with van der Waals surface area (Å²) in [7, 11) is 0. The van der Waals surface area contributed by atoms with Gasteiger partial charge in [-0.15, -0.1) is 11.3 Å². The molecule has 1 aromatic carbocycles. The Morgan fingerprint density at radius 3 is 2.20 bits per heavy atom. The van der Waals surface area contributed by atoms with Gasteiger partial charge in [0, 0.05) is 15.7 Å². The molecule has 0 saturated heterocycles. The van der Waals surface area contributed by atoms with E-state index in [-0.39, 0.29) is 10.8 Å². The van der Waals surface area contributed by atoms with E-state index in [1.807, 2.05) is 6.20 Å². The van der Waals surface area contributed by atoms with E-state index in [1.165, 1.54) is 26.6 Å². The number of thiophene rings is 1. The highest BCUT2D eigenvalue weighted by atomic mass is 32.1. The van der Waals surface area contributed by atoms with Crippen molar-refractivity contribution in [3.05, 3.63) is 59.5 Å². The van der Waals surface area contributed by atoms with Crippen molar-refractivity contribution in [2.45, 2.75) is 51.9 Å². The first kappa shape index (κ1) is 16.5. The Labute approximate surface area is 154 Å². The fraction of sp³-hybridized carbons (Fsp3) is 0.364. The second-order valence-electron chi connectivity index (χ2n) is 8.43. The van der Waals surface area contributed by atoms with E-state index in [0.29, 0.717) is 0 Å². The number of nitrogens with zero attached hydrogens (tertiary/aromatic N) is 2. The van der Waals surface area contributed by atoms with E-state index in [9.17, 15) is 0 Å². The summed E-state index contributed by atoms with van der Waals surface area (Å²) in [5, 5.41) is 0. The zero-order chi connectivity index (χ0) is 17.8. The number of fused-ring (bicyclic) bond motifs is 1. The summed E-state index contributed by atoms with van der Waals surface area (Å²) in [5.41, 5.74) is 6.06. The lowest BCUT2D eigenvalue weighted by molar-refractivity contribution is 0.396. The first-order valence-corrected chi connectivity index (χ1v) is 9.63. The van der Waals surface area contributed by atoms with Crippen LogP contribution in [0.25, 0.3) is 21.0 Å². The fourth-order valence-corrected chi connectivity index (χ4v) is 5.06. The lowest BCUT2D eigenvalue weighted by atomic mass is 9.83. The van der Waals surface area contributed by atoms with Crippen LogP contribution in [0.1, 0.15) is 51.1 Å². The SMILES string of the molecule is Cc1ccc(-c2ccc(-c3cnc4c(n3)C(C)(C)CC4(C)C)s2)cc1. The van der Waals surface area contributed by atoms with Crippen LogP contribution in [0.15, 0.2) is 42.6 Å². The number of hydrogen-bond donors (Lipinski definition) is 0. The van der Waals surface area contributed by atoms with Gasteiger partial charge in [-0.2, -0.15) is 0 Å². The highest BCUT2D eigenvalue weighted by molar-refractivity contribution is 7.18. The summed E-state index contributed by atoms with van der Waals surface area (Å²) in [6, 6.07) is 13.1. The normalized spacial score (nSPS) is 17.5. The van der Waals surface area contributed by atoms with Crippen LogP contribution in [-0.4, -0.2) is 9.97 Å². The van der Waals surface area contributed by atoms with E-state index >= 15 is 0 Å². The van der Waals surface area contributed by atoms with Crippen molar-refractivity contribution in [3.8, 4) is 21.0 Å². The van der Waals surface area contributed by atoms with Gasteiger partial charge in [0.1, 0.15) is 0 Å². The second kappa shape index (κ2) is 5.50. The molecule has 3 heteroatoms. The third kappa shape index (κ3) is 2.81. The van der Waals surface area contributed by atoms with Crippen molar-refractivity contribution >= 4 is 11.3 Å². The van der Waals surface area contributed by atoms with Crippen LogP contribution in [0.2, 0.25) is 0 Å². The summed E-state index contributed by atoms with van der Waals surface area (Å²) >= 11 is 1.79. The molecular formula is C22H24N2S. The predicted octanol–water partition coefficient (Wildman–Crippen LogP) is 6.14. The molecule has 2 nitrogen and oxygen atoms in total. The molecule has 1 aliphatic carbocycles. The van der Waals surface area contributed by atoms with Crippen molar-refractivity contribution in [2.24, 2.45) is 0 Å². The van der Waals surface area contributed by atoms with Gasteiger partial charge in [0.15, 0.2) is 0 Å². The maximum absolute atomic E-state index is 5.04. The number of hydrogen-bond acceptors (Lipinski definition) is 3. The molecule has 0 atom stereocenters. The molecule has 4 rings (SSSR count). The molecule has 0 unspecified atom stereocenters. The summed E-state index contributed by atoms with van der Waals surface area (Å²) in [4.78, 5) is 12.3. The largest absolute Gasteiger partial charge is 0.256 e. The van der Waals surface area contributed by atoms with Crippen LogP contribution in [-0.2, 0) is 10.8 Å². The quantitative estimate of drug-likeness (QED) is 0.556. The Bertz CT molecular complexity index is 933. The standard InChI is InChI=1S/C22H24N2S/c1-14-6-8-15(9-7-14)17-10-11-18(25-17)16-12-23-19-20(24-16)22(4,5)13-21(19,2)3/h6-12H,13H2,1-5H3. The van der Waals surface area contributed by atoms with Crippen molar-refractivity contribution < 1.29 is 0 Å². The number of aromatic nitrogens is 2. The summed E-state index contributed by atoms with van der Waals surface area (Å²) in [6.07, 6.45) is 3.05. The molecule has 0 spiro atoms. The Kier molecular flexibility index (Phi) is 3.62. The molecule has 0 radical (unpaired) electrons. The molecule has 0 bridgehead atoms. The predicted molar refractivity (Wildman–Crippen MR) is 106 cm³/mol. The highest BCUT2D eigenvalue weighted by Crippen LogP contribution is 2.48. The summed E-state index contributed by atoms with van der Waals surface area (Å²) in [6.45, 7) is 11.2. The van der Waals surface area contributed by atoms with E-state index in [0.717, 1.165) is 17.8 Å². The molecule has 3 aromatic rings. The van der Waals surface area contributed by atoms with Crippen LogP contribution in [0.4, 0.5) is 0 Å². The molecular weight excluding hydrogens is 324 g/mol. The van der Waals surface area contributed by atoms with Gasteiger partial charge in [-0.25, -0.2) is 4.98 Å². The zero-order valence-corrected chi connectivity index (χ0v) is 16.4. The fourth-order valence-electron chi connectivity index (χ4n) is 4.10. The van der Waals surface area contributed by atoms with Gasteiger partial charge in [0.2, 0.25) is 0 Å². The molecule has 128 valence electrons.